The first-order valence-corrected chi connectivity index (χ1v) is 6.00. The predicted molar refractivity (Wildman–Crippen MR) is 71.6 cm³/mol. The standard InChI is InChI=1S/C13H21N3O2/c1-10(16-11-6-5-7-14-9-11)8-15-12(17)18-13(2,3)4/h5-7,9-10,16H,8H2,1-4H3,(H,15,17)/t10-/m0/s1. The Morgan fingerprint density at radius 3 is 2.78 bits per heavy atom. The molecule has 0 aliphatic heterocycles. The van der Waals surface area contributed by atoms with E-state index in [-0.39, 0.29) is 6.04 Å². The van der Waals surface area contributed by atoms with Crippen LogP contribution in [0, 0.1) is 0 Å². The summed E-state index contributed by atoms with van der Waals surface area (Å²) in [6.07, 6.45) is 3.06. The van der Waals surface area contributed by atoms with Crippen molar-refractivity contribution in [2.24, 2.45) is 0 Å². The molecule has 1 aromatic heterocycles. The minimum absolute atomic E-state index is 0.0988. The van der Waals surface area contributed by atoms with Gasteiger partial charge in [-0.25, -0.2) is 4.79 Å². The van der Waals surface area contributed by atoms with Gasteiger partial charge in [0.15, 0.2) is 0 Å². The molecular weight excluding hydrogens is 230 g/mol. The maximum absolute atomic E-state index is 11.4. The second kappa shape index (κ2) is 6.23. The van der Waals surface area contributed by atoms with Gasteiger partial charge in [0.05, 0.1) is 5.69 Å². The van der Waals surface area contributed by atoms with Crippen LogP contribution in [0.15, 0.2) is 24.5 Å². The third kappa shape index (κ3) is 6.08. The average Bonchev–Trinajstić information content (AvgIpc) is 2.25. The number of aromatic nitrogens is 1. The van der Waals surface area contributed by atoms with Crippen LogP contribution in [0.3, 0.4) is 0 Å². The second-order valence-corrected chi connectivity index (χ2v) is 5.17. The van der Waals surface area contributed by atoms with E-state index in [9.17, 15) is 4.79 Å². The molecule has 1 aromatic rings. The molecule has 0 saturated carbocycles. The molecule has 0 aromatic carbocycles. The van der Waals surface area contributed by atoms with Gasteiger partial charge in [-0.05, 0) is 39.8 Å². The molecule has 0 saturated heterocycles. The number of rotatable bonds is 4. The van der Waals surface area contributed by atoms with Crippen LogP contribution >= 0.6 is 0 Å². The Balaban J connectivity index is 2.29. The molecule has 0 spiro atoms. The van der Waals surface area contributed by atoms with Crippen LogP contribution in [-0.4, -0.2) is 29.3 Å². The van der Waals surface area contributed by atoms with Crippen molar-refractivity contribution in [3.05, 3.63) is 24.5 Å². The van der Waals surface area contributed by atoms with E-state index in [0.717, 1.165) is 5.69 Å². The van der Waals surface area contributed by atoms with E-state index in [1.165, 1.54) is 0 Å². The number of hydrogen-bond acceptors (Lipinski definition) is 4. The van der Waals surface area contributed by atoms with Crippen molar-refractivity contribution in [2.45, 2.75) is 39.3 Å². The van der Waals surface area contributed by atoms with Gasteiger partial charge in [-0.3, -0.25) is 4.98 Å². The molecule has 100 valence electrons. The van der Waals surface area contributed by atoms with E-state index in [1.54, 1.807) is 12.4 Å². The van der Waals surface area contributed by atoms with Crippen LogP contribution in [-0.2, 0) is 4.74 Å². The van der Waals surface area contributed by atoms with Crippen LogP contribution in [0.25, 0.3) is 0 Å². The van der Waals surface area contributed by atoms with Gasteiger partial charge in [0, 0.05) is 25.0 Å². The Bertz CT molecular complexity index is 374. The SMILES string of the molecule is C[C@@H](CNC(=O)OC(C)(C)C)Nc1cccnc1. The van der Waals surface area contributed by atoms with Gasteiger partial charge in [0.2, 0.25) is 0 Å². The van der Waals surface area contributed by atoms with Crippen molar-refractivity contribution >= 4 is 11.8 Å². The van der Waals surface area contributed by atoms with Gasteiger partial charge in [-0.1, -0.05) is 0 Å². The normalized spacial score (nSPS) is 12.7. The van der Waals surface area contributed by atoms with E-state index in [1.807, 2.05) is 39.8 Å². The predicted octanol–water partition coefficient (Wildman–Crippen LogP) is 2.41. The van der Waals surface area contributed by atoms with Crippen LogP contribution in [0.1, 0.15) is 27.7 Å². The molecule has 1 atom stereocenters. The van der Waals surface area contributed by atoms with Crippen LogP contribution in [0.2, 0.25) is 0 Å². The molecule has 18 heavy (non-hydrogen) atoms. The summed E-state index contributed by atoms with van der Waals surface area (Å²) in [5.74, 6) is 0. The highest BCUT2D eigenvalue weighted by Gasteiger charge is 2.16. The fourth-order valence-electron chi connectivity index (χ4n) is 1.33. The lowest BCUT2D eigenvalue weighted by molar-refractivity contribution is 0.0526. The number of hydrogen-bond donors (Lipinski definition) is 2. The molecule has 5 heteroatoms. The number of pyridine rings is 1. The summed E-state index contributed by atoms with van der Waals surface area (Å²) in [5.41, 5.74) is 0.459. The van der Waals surface area contributed by atoms with Crippen molar-refractivity contribution in [3.8, 4) is 0 Å². The van der Waals surface area contributed by atoms with Crippen molar-refractivity contribution in [2.75, 3.05) is 11.9 Å². The molecule has 1 amide bonds. The maximum atomic E-state index is 11.4. The van der Waals surface area contributed by atoms with Gasteiger partial charge in [-0.15, -0.1) is 0 Å². The minimum Gasteiger partial charge on any atom is -0.444 e. The number of carbonyl (C=O) groups excluding carboxylic acids is 1. The van der Waals surface area contributed by atoms with E-state index < -0.39 is 11.7 Å². The Labute approximate surface area is 108 Å². The highest BCUT2D eigenvalue weighted by Crippen LogP contribution is 2.07. The Morgan fingerprint density at radius 1 is 1.50 bits per heavy atom. The molecule has 0 fully saturated rings. The highest BCUT2D eigenvalue weighted by molar-refractivity contribution is 5.67. The molecule has 1 heterocycles. The molecule has 0 aliphatic rings. The van der Waals surface area contributed by atoms with Crippen LogP contribution in [0.5, 0.6) is 0 Å². The van der Waals surface area contributed by atoms with Crippen LogP contribution < -0.4 is 10.6 Å². The maximum Gasteiger partial charge on any atom is 0.407 e. The molecule has 0 unspecified atom stereocenters. The van der Waals surface area contributed by atoms with Gasteiger partial charge in [0.25, 0.3) is 0 Å². The highest BCUT2D eigenvalue weighted by atomic mass is 16.6. The molecule has 1 rings (SSSR count). The number of nitrogens with one attached hydrogen (secondary N) is 2. The summed E-state index contributed by atoms with van der Waals surface area (Å²) in [6.45, 7) is 7.98. The summed E-state index contributed by atoms with van der Waals surface area (Å²) >= 11 is 0. The van der Waals surface area contributed by atoms with E-state index in [0.29, 0.717) is 6.54 Å². The van der Waals surface area contributed by atoms with Crippen molar-refractivity contribution < 1.29 is 9.53 Å². The fraction of sp³-hybridized carbons (Fsp3) is 0.538. The molecule has 2 N–H and O–H groups in total. The second-order valence-electron chi connectivity index (χ2n) is 5.17. The largest absolute Gasteiger partial charge is 0.444 e. The number of alkyl carbamates (subject to hydrolysis) is 1. The lowest BCUT2D eigenvalue weighted by Crippen LogP contribution is -2.38. The molecule has 0 radical (unpaired) electrons. The number of nitrogens with zero attached hydrogens (tertiary/aromatic N) is 1. The summed E-state index contributed by atoms with van der Waals surface area (Å²) in [5, 5.41) is 5.94. The summed E-state index contributed by atoms with van der Waals surface area (Å²) in [7, 11) is 0. The van der Waals surface area contributed by atoms with E-state index in [4.69, 9.17) is 4.74 Å². The summed E-state index contributed by atoms with van der Waals surface area (Å²) in [6, 6.07) is 3.88. The first kappa shape index (κ1) is 14.3. The van der Waals surface area contributed by atoms with E-state index >= 15 is 0 Å². The topological polar surface area (TPSA) is 63.2 Å². The molecule has 5 nitrogen and oxygen atoms in total. The Morgan fingerprint density at radius 2 is 2.22 bits per heavy atom. The smallest absolute Gasteiger partial charge is 0.407 e. The number of anilines is 1. The van der Waals surface area contributed by atoms with Crippen molar-refractivity contribution in [3.63, 3.8) is 0 Å². The quantitative estimate of drug-likeness (QED) is 0.862. The van der Waals surface area contributed by atoms with Gasteiger partial charge in [-0.2, -0.15) is 0 Å². The summed E-state index contributed by atoms with van der Waals surface area (Å²) < 4.78 is 5.15. The zero-order chi connectivity index (χ0) is 13.6. The number of carbonyl (C=O) groups is 1. The zero-order valence-electron chi connectivity index (χ0n) is 11.4. The Kier molecular flexibility index (Phi) is 4.95. The third-order valence-corrected chi connectivity index (χ3v) is 2.03. The lowest BCUT2D eigenvalue weighted by atomic mass is 10.2. The monoisotopic (exact) mass is 251 g/mol. The zero-order valence-corrected chi connectivity index (χ0v) is 11.4. The summed E-state index contributed by atoms with van der Waals surface area (Å²) in [4.78, 5) is 15.4. The Hall–Kier alpha value is -1.78. The van der Waals surface area contributed by atoms with Gasteiger partial charge < -0.3 is 15.4 Å². The first-order chi connectivity index (χ1) is 8.37. The average molecular weight is 251 g/mol. The van der Waals surface area contributed by atoms with Gasteiger partial charge in [0.1, 0.15) is 5.60 Å². The molecular formula is C13H21N3O2. The third-order valence-electron chi connectivity index (χ3n) is 2.03. The fourth-order valence-corrected chi connectivity index (χ4v) is 1.33. The van der Waals surface area contributed by atoms with Crippen LogP contribution in [0.4, 0.5) is 10.5 Å². The van der Waals surface area contributed by atoms with E-state index in [2.05, 4.69) is 15.6 Å². The number of ether oxygens (including phenoxy) is 1. The molecule has 0 bridgehead atoms. The van der Waals surface area contributed by atoms with Crippen molar-refractivity contribution in [1.29, 1.82) is 0 Å². The number of amides is 1. The van der Waals surface area contributed by atoms with Crippen molar-refractivity contribution in [1.82, 2.24) is 10.3 Å². The molecule has 0 aliphatic carbocycles. The lowest BCUT2D eigenvalue weighted by Gasteiger charge is -2.21. The first-order valence-electron chi connectivity index (χ1n) is 6.00. The minimum atomic E-state index is -0.468. The van der Waals surface area contributed by atoms with Gasteiger partial charge >= 0.3 is 6.09 Å².